The Hall–Kier alpha value is -2.95. The lowest BCUT2D eigenvalue weighted by Gasteiger charge is -2.38. The molecule has 2 heterocycles. The molecule has 0 spiro atoms. The van der Waals surface area contributed by atoms with E-state index in [2.05, 4.69) is 41.3 Å². The van der Waals surface area contributed by atoms with Crippen molar-refractivity contribution in [2.75, 3.05) is 19.6 Å². The van der Waals surface area contributed by atoms with Crippen LogP contribution in [0.15, 0.2) is 78.9 Å². The second kappa shape index (κ2) is 7.47. The normalized spacial score (nSPS) is 21.7. The second-order valence-electron chi connectivity index (χ2n) is 7.73. The molecule has 0 aliphatic carbocycles. The molecule has 0 radical (unpaired) electrons. The van der Waals surface area contributed by atoms with Crippen LogP contribution in [0.1, 0.15) is 40.2 Å². The van der Waals surface area contributed by atoms with Gasteiger partial charge in [-0.15, -0.1) is 0 Å². The fourth-order valence-corrected chi connectivity index (χ4v) is 4.61. The van der Waals surface area contributed by atoms with Crippen molar-refractivity contribution in [2.24, 2.45) is 0 Å². The fourth-order valence-electron chi connectivity index (χ4n) is 4.61. The first-order valence-electron chi connectivity index (χ1n) is 10.2. The minimum atomic E-state index is -0.906. The zero-order chi connectivity index (χ0) is 19.8. The average molecular weight is 384 g/mol. The van der Waals surface area contributed by atoms with Crippen LogP contribution in [0.2, 0.25) is 0 Å². The number of aliphatic hydroxyl groups is 1. The minimum Gasteiger partial charge on any atom is -0.369 e. The molecule has 4 heteroatoms. The van der Waals surface area contributed by atoms with E-state index >= 15 is 0 Å². The summed E-state index contributed by atoms with van der Waals surface area (Å²) in [4.78, 5) is 17.2. The second-order valence-corrected chi connectivity index (χ2v) is 7.73. The molecule has 0 bridgehead atoms. The van der Waals surface area contributed by atoms with Gasteiger partial charge in [-0.1, -0.05) is 72.8 Å². The first-order chi connectivity index (χ1) is 14.2. The van der Waals surface area contributed by atoms with Gasteiger partial charge in [-0.25, -0.2) is 0 Å². The number of carbonyl (C=O) groups excluding carboxylic acids is 1. The van der Waals surface area contributed by atoms with E-state index in [4.69, 9.17) is 0 Å². The van der Waals surface area contributed by atoms with Crippen LogP contribution in [0, 0.1) is 0 Å². The Morgan fingerprint density at radius 2 is 1.72 bits per heavy atom. The zero-order valence-corrected chi connectivity index (χ0v) is 16.2. The van der Waals surface area contributed by atoms with E-state index in [-0.39, 0.29) is 11.9 Å². The Balaban J connectivity index is 1.40. The lowest BCUT2D eigenvalue weighted by molar-refractivity contribution is -0.000104. The van der Waals surface area contributed by atoms with E-state index in [0.29, 0.717) is 18.7 Å². The Labute approximate surface area is 170 Å². The van der Waals surface area contributed by atoms with Gasteiger partial charge in [-0.2, -0.15) is 0 Å². The Bertz CT molecular complexity index is 1070. The highest BCUT2D eigenvalue weighted by atomic mass is 16.3. The predicted octanol–water partition coefficient (Wildman–Crippen LogP) is 4.29. The summed E-state index contributed by atoms with van der Waals surface area (Å²) < 4.78 is 0. The van der Waals surface area contributed by atoms with Gasteiger partial charge in [0, 0.05) is 36.1 Å². The van der Waals surface area contributed by atoms with E-state index in [1.54, 1.807) is 4.90 Å². The van der Waals surface area contributed by atoms with Crippen molar-refractivity contribution in [1.82, 2.24) is 9.80 Å². The third-order valence-corrected chi connectivity index (χ3v) is 6.07. The third kappa shape index (κ3) is 3.15. The maximum Gasteiger partial charge on any atom is 0.256 e. The molecule has 2 aliphatic heterocycles. The van der Waals surface area contributed by atoms with Crippen molar-refractivity contribution in [2.45, 2.75) is 18.7 Å². The molecule has 0 aromatic heterocycles. The van der Waals surface area contributed by atoms with Gasteiger partial charge in [0.1, 0.15) is 0 Å². The summed E-state index contributed by atoms with van der Waals surface area (Å²) in [5, 5.41) is 12.9. The maximum absolute atomic E-state index is 13.2. The number of hydrogen-bond donors (Lipinski definition) is 1. The molecule has 1 amide bonds. The number of hydrogen-bond acceptors (Lipinski definition) is 3. The Morgan fingerprint density at radius 1 is 0.931 bits per heavy atom. The van der Waals surface area contributed by atoms with Gasteiger partial charge in [0.05, 0.1) is 6.04 Å². The minimum absolute atomic E-state index is 0.0920. The van der Waals surface area contributed by atoms with E-state index < -0.39 is 6.23 Å². The molecular weight excluding hydrogens is 360 g/mol. The van der Waals surface area contributed by atoms with Gasteiger partial charge >= 0.3 is 0 Å². The number of aliphatic hydroxyl groups excluding tert-OH is 1. The number of amides is 1. The number of benzene rings is 3. The molecule has 3 aromatic rings. The Morgan fingerprint density at radius 3 is 2.55 bits per heavy atom. The largest absolute Gasteiger partial charge is 0.369 e. The SMILES string of the molecule is O=C1c2cccc3cccc(c23)C(O)N1CCN1CCC=CC1c1ccccc1. The van der Waals surface area contributed by atoms with E-state index in [1.165, 1.54) is 5.56 Å². The third-order valence-electron chi connectivity index (χ3n) is 6.07. The van der Waals surface area contributed by atoms with Gasteiger partial charge in [0.2, 0.25) is 0 Å². The van der Waals surface area contributed by atoms with Crippen LogP contribution in [-0.4, -0.2) is 40.4 Å². The smallest absolute Gasteiger partial charge is 0.256 e. The van der Waals surface area contributed by atoms with Crippen molar-refractivity contribution in [1.29, 1.82) is 0 Å². The van der Waals surface area contributed by atoms with Gasteiger partial charge < -0.3 is 10.0 Å². The number of nitrogens with zero attached hydrogens (tertiary/aromatic N) is 2. The van der Waals surface area contributed by atoms with Crippen molar-refractivity contribution < 1.29 is 9.90 Å². The van der Waals surface area contributed by atoms with Crippen LogP contribution in [0.5, 0.6) is 0 Å². The molecule has 1 N–H and O–H groups in total. The summed E-state index contributed by atoms with van der Waals surface area (Å²) in [6.45, 7) is 2.15. The quantitative estimate of drug-likeness (QED) is 0.683. The van der Waals surface area contributed by atoms with Crippen LogP contribution in [-0.2, 0) is 0 Å². The van der Waals surface area contributed by atoms with E-state index in [9.17, 15) is 9.90 Å². The van der Waals surface area contributed by atoms with Crippen LogP contribution in [0.4, 0.5) is 0 Å². The Kier molecular flexibility index (Phi) is 4.66. The maximum atomic E-state index is 13.2. The van der Waals surface area contributed by atoms with Gasteiger partial charge in [-0.3, -0.25) is 9.69 Å². The highest BCUT2D eigenvalue weighted by molar-refractivity contribution is 6.10. The molecule has 29 heavy (non-hydrogen) atoms. The highest BCUT2D eigenvalue weighted by Gasteiger charge is 2.33. The average Bonchev–Trinajstić information content (AvgIpc) is 2.78. The van der Waals surface area contributed by atoms with Crippen LogP contribution >= 0.6 is 0 Å². The zero-order valence-electron chi connectivity index (χ0n) is 16.2. The summed E-state index contributed by atoms with van der Waals surface area (Å²) in [5.74, 6) is -0.0920. The molecule has 4 nitrogen and oxygen atoms in total. The number of rotatable bonds is 4. The summed E-state index contributed by atoms with van der Waals surface area (Å²) in [6.07, 6.45) is 4.56. The summed E-state index contributed by atoms with van der Waals surface area (Å²) >= 11 is 0. The highest BCUT2D eigenvalue weighted by Crippen LogP contribution is 2.35. The monoisotopic (exact) mass is 384 g/mol. The van der Waals surface area contributed by atoms with Crippen LogP contribution < -0.4 is 0 Å². The fraction of sp³-hybridized carbons (Fsp3) is 0.240. The van der Waals surface area contributed by atoms with Gasteiger partial charge in [0.25, 0.3) is 5.91 Å². The molecule has 3 aromatic carbocycles. The van der Waals surface area contributed by atoms with Gasteiger partial charge in [0.15, 0.2) is 6.23 Å². The van der Waals surface area contributed by atoms with Crippen molar-refractivity contribution in [3.05, 3.63) is 95.6 Å². The molecule has 0 saturated heterocycles. The first-order valence-corrected chi connectivity index (χ1v) is 10.2. The molecule has 5 rings (SSSR count). The topological polar surface area (TPSA) is 43.8 Å². The van der Waals surface area contributed by atoms with Crippen molar-refractivity contribution in [3.8, 4) is 0 Å². The molecule has 2 atom stereocenters. The van der Waals surface area contributed by atoms with Crippen molar-refractivity contribution >= 4 is 16.7 Å². The van der Waals surface area contributed by atoms with Crippen molar-refractivity contribution in [3.63, 3.8) is 0 Å². The van der Waals surface area contributed by atoms with Crippen LogP contribution in [0.25, 0.3) is 10.8 Å². The lowest BCUT2D eigenvalue weighted by atomic mass is 9.93. The van der Waals surface area contributed by atoms with E-state index in [1.807, 2.05) is 42.5 Å². The number of carbonyl (C=O) groups is 1. The summed E-state index contributed by atoms with van der Waals surface area (Å²) in [6, 6.07) is 22.3. The summed E-state index contributed by atoms with van der Waals surface area (Å²) in [7, 11) is 0. The molecule has 2 unspecified atom stereocenters. The van der Waals surface area contributed by atoms with Crippen LogP contribution in [0.3, 0.4) is 0 Å². The lowest BCUT2D eigenvalue weighted by Crippen LogP contribution is -2.44. The molecule has 2 aliphatic rings. The first kappa shape index (κ1) is 18.1. The summed E-state index contributed by atoms with van der Waals surface area (Å²) in [5.41, 5.74) is 2.75. The molecule has 0 saturated carbocycles. The predicted molar refractivity (Wildman–Crippen MR) is 114 cm³/mol. The molecule has 146 valence electrons. The standard InChI is InChI=1S/C25H24N2O2/c28-24-20-12-6-10-19-11-7-13-21(23(19)20)25(29)27(24)17-16-26-15-5-4-14-22(26)18-8-2-1-3-9-18/h1-4,6-14,22,24,28H,5,15-17H2. The molecule has 0 fully saturated rings. The molecular formula is C25H24N2O2. The van der Waals surface area contributed by atoms with Gasteiger partial charge in [-0.05, 0) is 23.4 Å². The van der Waals surface area contributed by atoms with E-state index in [0.717, 1.165) is 29.3 Å².